The van der Waals surface area contributed by atoms with Crippen LogP contribution in [0.25, 0.3) is 0 Å². The highest BCUT2D eigenvalue weighted by Gasteiger charge is 2.15. The van der Waals surface area contributed by atoms with Gasteiger partial charge >= 0.3 is 5.97 Å². The number of halogens is 2. The minimum absolute atomic E-state index is 0.0128. The maximum atomic E-state index is 12.7. The molecule has 0 aliphatic rings. The molecule has 0 amide bonds. The van der Waals surface area contributed by atoms with Crippen LogP contribution >= 0.6 is 11.8 Å². The van der Waals surface area contributed by atoms with Crippen LogP contribution in [0.5, 0.6) is 0 Å². The maximum absolute atomic E-state index is 12.7. The topological polar surface area (TPSA) is 50.2 Å². The van der Waals surface area contributed by atoms with Crippen molar-refractivity contribution in [3.05, 3.63) is 23.5 Å². The normalized spacial score (nSPS) is 10.1. The highest BCUT2D eigenvalue weighted by atomic mass is 32.2. The van der Waals surface area contributed by atoms with E-state index in [2.05, 4.69) is 4.98 Å². The molecule has 6 heteroatoms. The smallest absolute Gasteiger partial charge is 0.340 e. The number of hydrogen-bond acceptors (Lipinski definition) is 3. The summed E-state index contributed by atoms with van der Waals surface area (Å²) in [6, 6.07) is 0.921. The molecule has 70 valence electrons. The van der Waals surface area contributed by atoms with Gasteiger partial charge in [0.25, 0.3) is 0 Å². The summed E-state index contributed by atoms with van der Waals surface area (Å²) in [6.07, 6.45) is 1.55. The minimum atomic E-state index is -1.46. The van der Waals surface area contributed by atoms with E-state index in [4.69, 9.17) is 5.11 Å². The second-order valence-corrected chi connectivity index (χ2v) is 2.97. The number of aromatic nitrogens is 1. The van der Waals surface area contributed by atoms with E-state index in [0.717, 1.165) is 17.8 Å². The lowest BCUT2D eigenvalue weighted by Gasteiger charge is -2.00. The Morgan fingerprint density at radius 1 is 1.54 bits per heavy atom. The van der Waals surface area contributed by atoms with E-state index in [0.29, 0.717) is 0 Å². The van der Waals surface area contributed by atoms with Crippen LogP contribution in [0, 0.1) is 11.9 Å². The lowest BCUT2D eigenvalue weighted by atomic mass is 10.3. The Bertz CT molecular complexity index is 357. The first-order chi connectivity index (χ1) is 6.06. The van der Waals surface area contributed by atoms with Gasteiger partial charge in [0.05, 0.1) is 4.90 Å². The predicted molar refractivity (Wildman–Crippen MR) is 42.9 cm³/mol. The van der Waals surface area contributed by atoms with Gasteiger partial charge in [-0.05, 0) is 12.3 Å². The molecule has 0 aliphatic carbocycles. The van der Waals surface area contributed by atoms with Crippen molar-refractivity contribution in [3.8, 4) is 0 Å². The van der Waals surface area contributed by atoms with Crippen molar-refractivity contribution < 1.29 is 18.7 Å². The van der Waals surface area contributed by atoms with Crippen LogP contribution in [0.4, 0.5) is 8.78 Å². The summed E-state index contributed by atoms with van der Waals surface area (Å²) in [7, 11) is 0. The van der Waals surface area contributed by atoms with Crippen molar-refractivity contribution >= 4 is 17.7 Å². The fourth-order valence-corrected chi connectivity index (χ4v) is 1.19. The average molecular weight is 205 g/mol. The summed E-state index contributed by atoms with van der Waals surface area (Å²) in [5.74, 6) is -3.75. The number of rotatable bonds is 2. The zero-order chi connectivity index (χ0) is 10.0. The van der Waals surface area contributed by atoms with Crippen LogP contribution in [0.2, 0.25) is 0 Å². The number of nitrogens with zero attached hydrogens (tertiary/aromatic N) is 1. The molecule has 1 aromatic heterocycles. The van der Waals surface area contributed by atoms with Gasteiger partial charge in [0.2, 0.25) is 11.9 Å². The monoisotopic (exact) mass is 205 g/mol. The van der Waals surface area contributed by atoms with E-state index in [9.17, 15) is 13.6 Å². The summed E-state index contributed by atoms with van der Waals surface area (Å²) in [4.78, 5) is 13.2. The van der Waals surface area contributed by atoms with E-state index in [1.54, 1.807) is 6.26 Å². The maximum Gasteiger partial charge on any atom is 0.340 e. The number of pyridine rings is 1. The van der Waals surface area contributed by atoms with E-state index < -0.39 is 23.4 Å². The van der Waals surface area contributed by atoms with Crippen LogP contribution in [0.3, 0.4) is 0 Å². The number of carboxylic acid groups (broad SMARTS) is 1. The van der Waals surface area contributed by atoms with Crippen molar-refractivity contribution in [3.63, 3.8) is 0 Å². The van der Waals surface area contributed by atoms with Gasteiger partial charge in [-0.15, -0.1) is 11.8 Å². The third-order valence-electron chi connectivity index (χ3n) is 1.35. The summed E-state index contributed by atoms with van der Waals surface area (Å²) in [6.45, 7) is 0. The van der Waals surface area contributed by atoms with E-state index in [1.165, 1.54) is 0 Å². The van der Waals surface area contributed by atoms with Crippen LogP contribution in [-0.4, -0.2) is 22.3 Å². The lowest BCUT2D eigenvalue weighted by molar-refractivity contribution is 0.0690. The zero-order valence-corrected chi connectivity index (χ0v) is 7.36. The Kier molecular flexibility index (Phi) is 2.82. The third kappa shape index (κ3) is 1.95. The van der Waals surface area contributed by atoms with Crippen molar-refractivity contribution in [1.29, 1.82) is 0 Å². The summed E-state index contributed by atoms with van der Waals surface area (Å²) in [5.41, 5.74) is -0.620. The van der Waals surface area contributed by atoms with Crippen molar-refractivity contribution in [2.24, 2.45) is 0 Å². The first-order valence-corrected chi connectivity index (χ1v) is 4.42. The molecule has 3 nitrogen and oxygen atoms in total. The number of hydrogen-bond donors (Lipinski definition) is 1. The SMILES string of the molecule is CSc1cc(C(=O)O)c(F)nc1F. The van der Waals surface area contributed by atoms with Gasteiger partial charge in [-0.2, -0.15) is 13.8 Å². The van der Waals surface area contributed by atoms with Crippen molar-refractivity contribution in [2.75, 3.05) is 6.26 Å². The number of carboxylic acids is 1. The van der Waals surface area contributed by atoms with Gasteiger partial charge in [-0.25, -0.2) is 4.79 Å². The standard InChI is InChI=1S/C7H5F2NO2S/c1-13-4-2-3(7(11)12)5(8)10-6(4)9/h2H,1H3,(H,11,12). The van der Waals surface area contributed by atoms with E-state index >= 15 is 0 Å². The molecule has 1 N–H and O–H groups in total. The van der Waals surface area contributed by atoms with Gasteiger partial charge in [0.15, 0.2) is 0 Å². The number of aromatic carboxylic acids is 1. The fourth-order valence-electron chi connectivity index (χ4n) is 0.745. The van der Waals surface area contributed by atoms with Gasteiger partial charge in [0.1, 0.15) is 5.56 Å². The van der Waals surface area contributed by atoms with E-state index in [-0.39, 0.29) is 4.90 Å². The first-order valence-electron chi connectivity index (χ1n) is 3.19. The molecule has 0 aliphatic heterocycles. The predicted octanol–water partition coefficient (Wildman–Crippen LogP) is 1.78. The molecule has 0 spiro atoms. The van der Waals surface area contributed by atoms with Crippen molar-refractivity contribution in [1.82, 2.24) is 4.98 Å². The molecule has 0 aromatic carbocycles. The highest BCUT2D eigenvalue weighted by molar-refractivity contribution is 7.98. The molecule has 0 fully saturated rings. The van der Waals surface area contributed by atoms with Gasteiger partial charge in [-0.1, -0.05) is 0 Å². The second kappa shape index (κ2) is 3.69. The zero-order valence-electron chi connectivity index (χ0n) is 6.54. The Morgan fingerprint density at radius 2 is 2.15 bits per heavy atom. The quantitative estimate of drug-likeness (QED) is 0.590. The fraction of sp³-hybridized carbons (Fsp3) is 0.143. The van der Waals surface area contributed by atoms with Crippen LogP contribution in [0.1, 0.15) is 10.4 Å². The van der Waals surface area contributed by atoms with Gasteiger partial charge < -0.3 is 5.11 Å². The molecule has 0 radical (unpaired) electrons. The molecule has 1 aromatic rings. The second-order valence-electron chi connectivity index (χ2n) is 2.12. The molecule has 0 bridgehead atoms. The Labute approximate surface area is 76.8 Å². The summed E-state index contributed by atoms with van der Waals surface area (Å²) < 4.78 is 25.4. The molecule has 0 saturated carbocycles. The van der Waals surface area contributed by atoms with Crippen LogP contribution in [-0.2, 0) is 0 Å². The van der Waals surface area contributed by atoms with Crippen molar-refractivity contribution in [2.45, 2.75) is 4.90 Å². The lowest BCUT2D eigenvalue weighted by Crippen LogP contribution is -2.05. The Morgan fingerprint density at radius 3 is 2.62 bits per heavy atom. The average Bonchev–Trinajstić information content (AvgIpc) is 2.03. The van der Waals surface area contributed by atoms with E-state index in [1.807, 2.05) is 0 Å². The molecule has 0 saturated heterocycles. The largest absolute Gasteiger partial charge is 0.478 e. The third-order valence-corrected chi connectivity index (χ3v) is 2.07. The number of thioether (sulfide) groups is 1. The Balaban J connectivity index is 3.30. The summed E-state index contributed by atoms with van der Waals surface area (Å²) >= 11 is 0.968. The molecule has 0 unspecified atom stereocenters. The molecule has 0 atom stereocenters. The minimum Gasteiger partial charge on any atom is -0.478 e. The Hall–Kier alpha value is -1.17. The van der Waals surface area contributed by atoms with Crippen LogP contribution in [0.15, 0.2) is 11.0 Å². The van der Waals surface area contributed by atoms with Gasteiger partial charge in [-0.3, -0.25) is 0 Å². The van der Waals surface area contributed by atoms with Crippen LogP contribution < -0.4 is 0 Å². The molecular formula is C7H5F2NO2S. The molecule has 1 rings (SSSR count). The van der Waals surface area contributed by atoms with Gasteiger partial charge in [0, 0.05) is 0 Å². The first kappa shape index (κ1) is 9.91. The highest BCUT2D eigenvalue weighted by Crippen LogP contribution is 2.20. The summed E-state index contributed by atoms with van der Waals surface area (Å²) in [5, 5.41) is 8.46. The molecular weight excluding hydrogens is 200 g/mol. The molecule has 13 heavy (non-hydrogen) atoms. The molecule has 1 heterocycles. The number of carbonyl (C=O) groups is 1.